The number of ether oxygens (including phenoxy) is 1. The molecule has 0 aromatic rings. The van der Waals surface area contributed by atoms with Gasteiger partial charge in [0, 0.05) is 26.2 Å². The van der Waals surface area contributed by atoms with E-state index in [0.29, 0.717) is 26.1 Å². The van der Waals surface area contributed by atoms with Crippen LogP contribution in [0.3, 0.4) is 0 Å². The summed E-state index contributed by atoms with van der Waals surface area (Å²) >= 11 is 0. The maximum Gasteiger partial charge on any atom is 0.236 e. The zero-order valence-corrected chi connectivity index (χ0v) is 12.5. The fraction of sp³-hybridized carbons (Fsp3) is 0.917. The molecular formula is C12H24N2O4S. The predicted molar refractivity (Wildman–Crippen MR) is 73.8 cm³/mol. The molecule has 0 spiro atoms. The van der Waals surface area contributed by atoms with Crippen LogP contribution in [0.15, 0.2) is 0 Å². The summed E-state index contributed by atoms with van der Waals surface area (Å²) in [6, 6.07) is -0.151. The molecule has 1 aliphatic rings. The highest BCUT2D eigenvalue weighted by Gasteiger charge is 2.33. The zero-order chi connectivity index (χ0) is 14.3. The second kappa shape index (κ2) is 7.81. The second-order valence-corrected chi connectivity index (χ2v) is 7.04. The van der Waals surface area contributed by atoms with Gasteiger partial charge in [-0.1, -0.05) is 6.92 Å². The summed E-state index contributed by atoms with van der Waals surface area (Å²) in [6.45, 7) is 4.01. The molecule has 1 atom stereocenters. The molecule has 7 heteroatoms. The highest BCUT2D eigenvalue weighted by Crippen LogP contribution is 2.18. The van der Waals surface area contributed by atoms with Crippen molar-refractivity contribution in [3.8, 4) is 0 Å². The summed E-state index contributed by atoms with van der Waals surface area (Å²) in [7, 11) is -1.35. The van der Waals surface area contributed by atoms with Gasteiger partial charge >= 0.3 is 0 Å². The Morgan fingerprint density at radius 1 is 1.47 bits per heavy atom. The van der Waals surface area contributed by atoms with E-state index < -0.39 is 9.84 Å². The first kappa shape index (κ1) is 16.4. The van der Waals surface area contributed by atoms with E-state index >= 15 is 0 Å². The molecule has 0 aliphatic carbocycles. The maximum absolute atomic E-state index is 12.1. The van der Waals surface area contributed by atoms with Crippen molar-refractivity contribution in [2.75, 3.05) is 44.9 Å². The number of nitrogens with one attached hydrogen (secondary N) is 1. The fourth-order valence-corrected chi connectivity index (χ4v) is 3.97. The Hall–Kier alpha value is -0.660. The van der Waals surface area contributed by atoms with Crippen molar-refractivity contribution in [1.29, 1.82) is 0 Å². The largest absolute Gasteiger partial charge is 0.383 e. The number of nitrogens with zero attached hydrogens (tertiary/aromatic N) is 1. The van der Waals surface area contributed by atoms with Gasteiger partial charge in [-0.2, -0.15) is 0 Å². The van der Waals surface area contributed by atoms with Gasteiger partial charge in [-0.3, -0.25) is 4.79 Å². The normalized spacial score (nSPS) is 21.5. The minimum atomic E-state index is -2.96. The summed E-state index contributed by atoms with van der Waals surface area (Å²) in [5.41, 5.74) is 0. The van der Waals surface area contributed by atoms with Gasteiger partial charge in [0.2, 0.25) is 5.91 Å². The number of rotatable bonds is 8. The number of hydrogen-bond donors (Lipinski definition) is 1. The van der Waals surface area contributed by atoms with Crippen molar-refractivity contribution < 1.29 is 17.9 Å². The molecule has 1 fully saturated rings. The molecule has 6 nitrogen and oxygen atoms in total. The molecule has 1 rings (SSSR count). The first-order chi connectivity index (χ1) is 9.00. The molecule has 1 N–H and O–H groups in total. The van der Waals surface area contributed by atoms with Crippen LogP contribution in [0.25, 0.3) is 0 Å². The van der Waals surface area contributed by atoms with Crippen LogP contribution in [0.4, 0.5) is 0 Å². The van der Waals surface area contributed by atoms with Gasteiger partial charge in [0.1, 0.15) is 0 Å². The SMILES string of the molecule is CCCN(C(=O)CNCCOC)C1CCS(=O)(=O)C1. The maximum atomic E-state index is 12.1. The lowest BCUT2D eigenvalue weighted by Gasteiger charge is -2.28. The van der Waals surface area contributed by atoms with Crippen LogP contribution >= 0.6 is 0 Å². The molecule has 19 heavy (non-hydrogen) atoms. The number of hydrogen-bond acceptors (Lipinski definition) is 5. The molecule has 1 heterocycles. The van der Waals surface area contributed by atoms with Crippen LogP contribution in [-0.2, 0) is 19.4 Å². The number of carbonyl (C=O) groups excluding carboxylic acids is 1. The van der Waals surface area contributed by atoms with Crippen molar-refractivity contribution in [2.45, 2.75) is 25.8 Å². The van der Waals surface area contributed by atoms with Crippen LogP contribution < -0.4 is 5.32 Å². The van der Waals surface area contributed by atoms with E-state index in [4.69, 9.17) is 4.74 Å². The van der Waals surface area contributed by atoms with Gasteiger partial charge in [-0.15, -0.1) is 0 Å². The molecule has 1 amide bonds. The quantitative estimate of drug-likeness (QED) is 0.619. The Bertz CT molecular complexity index is 383. The summed E-state index contributed by atoms with van der Waals surface area (Å²) in [5.74, 6) is 0.277. The fourth-order valence-electron chi connectivity index (χ4n) is 2.24. The van der Waals surface area contributed by atoms with Crippen LogP contribution in [0.5, 0.6) is 0 Å². The first-order valence-electron chi connectivity index (χ1n) is 6.69. The van der Waals surface area contributed by atoms with Crippen molar-refractivity contribution >= 4 is 15.7 Å². The lowest BCUT2D eigenvalue weighted by molar-refractivity contribution is -0.132. The lowest BCUT2D eigenvalue weighted by Crippen LogP contribution is -2.46. The summed E-state index contributed by atoms with van der Waals surface area (Å²) in [6.07, 6.45) is 1.40. The Morgan fingerprint density at radius 3 is 2.74 bits per heavy atom. The van der Waals surface area contributed by atoms with Gasteiger partial charge < -0.3 is 15.0 Å². The summed E-state index contributed by atoms with van der Waals surface area (Å²) < 4.78 is 27.9. The van der Waals surface area contributed by atoms with Crippen molar-refractivity contribution in [1.82, 2.24) is 10.2 Å². The van der Waals surface area contributed by atoms with Crippen LogP contribution in [-0.4, -0.2) is 70.1 Å². The highest BCUT2D eigenvalue weighted by molar-refractivity contribution is 7.91. The Morgan fingerprint density at radius 2 is 2.21 bits per heavy atom. The Labute approximate surface area is 115 Å². The Balaban J connectivity index is 2.49. The van der Waals surface area contributed by atoms with Crippen molar-refractivity contribution in [3.05, 3.63) is 0 Å². The van der Waals surface area contributed by atoms with Gasteiger partial charge in [0.15, 0.2) is 9.84 Å². The number of sulfone groups is 1. The monoisotopic (exact) mass is 292 g/mol. The van der Waals surface area contributed by atoms with E-state index in [1.807, 2.05) is 6.92 Å². The average molecular weight is 292 g/mol. The topological polar surface area (TPSA) is 75.7 Å². The molecular weight excluding hydrogens is 268 g/mol. The number of amides is 1. The smallest absolute Gasteiger partial charge is 0.236 e. The average Bonchev–Trinajstić information content (AvgIpc) is 2.71. The molecule has 0 radical (unpaired) electrons. The van der Waals surface area contributed by atoms with Gasteiger partial charge in [0.05, 0.1) is 24.7 Å². The molecule has 112 valence electrons. The summed E-state index contributed by atoms with van der Waals surface area (Å²) in [4.78, 5) is 13.8. The van der Waals surface area contributed by atoms with E-state index in [0.717, 1.165) is 6.42 Å². The molecule has 1 aliphatic heterocycles. The molecule has 0 aromatic heterocycles. The molecule has 1 saturated heterocycles. The first-order valence-corrected chi connectivity index (χ1v) is 8.52. The molecule has 1 unspecified atom stereocenters. The second-order valence-electron chi connectivity index (χ2n) is 4.81. The van der Waals surface area contributed by atoms with E-state index in [2.05, 4.69) is 5.32 Å². The third kappa shape index (κ3) is 5.46. The van der Waals surface area contributed by atoms with Crippen LogP contribution in [0.1, 0.15) is 19.8 Å². The van der Waals surface area contributed by atoms with Gasteiger partial charge in [-0.05, 0) is 12.8 Å². The Kier molecular flexibility index (Phi) is 6.74. The third-order valence-corrected chi connectivity index (χ3v) is 4.94. The predicted octanol–water partition coefficient (Wildman–Crippen LogP) is -0.352. The van der Waals surface area contributed by atoms with Gasteiger partial charge in [0.25, 0.3) is 0 Å². The number of methoxy groups -OCH3 is 1. The van der Waals surface area contributed by atoms with Crippen LogP contribution in [0.2, 0.25) is 0 Å². The molecule has 0 saturated carbocycles. The van der Waals surface area contributed by atoms with Crippen LogP contribution in [0, 0.1) is 0 Å². The highest BCUT2D eigenvalue weighted by atomic mass is 32.2. The lowest BCUT2D eigenvalue weighted by atomic mass is 10.2. The van der Waals surface area contributed by atoms with E-state index in [9.17, 15) is 13.2 Å². The van der Waals surface area contributed by atoms with E-state index in [-0.39, 0.29) is 30.0 Å². The summed E-state index contributed by atoms with van der Waals surface area (Å²) in [5, 5.41) is 3.00. The molecule has 0 aromatic carbocycles. The van der Waals surface area contributed by atoms with Crippen molar-refractivity contribution in [2.24, 2.45) is 0 Å². The minimum absolute atomic E-state index is 0.0277. The minimum Gasteiger partial charge on any atom is -0.383 e. The zero-order valence-electron chi connectivity index (χ0n) is 11.7. The van der Waals surface area contributed by atoms with Gasteiger partial charge in [-0.25, -0.2) is 8.42 Å². The number of carbonyl (C=O) groups is 1. The molecule has 0 bridgehead atoms. The third-order valence-electron chi connectivity index (χ3n) is 3.19. The van der Waals surface area contributed by atoms with E-state index in [1.54, 1.807) is 12.0 Å². The van der Waals surface area contributed by atoms with E-state index in [1.165, 1.54) is 0 Å². The standard InChI is InChI=1S/C12H24N2O4S/c1-3-6-14(11-4-8-19(16,17)10-11)12(15)9-13-5-7-18-2/h11,13H,3-10H2,1-2H3. The van der Waals surface area contributed by atoms with Crippen molar-refractivity contribution in [3.63, 3.8) is 0 Å².